The molecule has 1 saturated heterocycles. The average Bonchev–Trinajstić information content (AvgIpc) is 2.45. The SMILES string of the molecule is CC1CCCN(C(=O)C(C#N)Cc2ccccc2)C1. The van der Waals surface area contributed by atoms with Crippen LogP contribution in [0.1, 0.15) is 25.3 Å². The van der Waals surface area contributed by atoms with Crippen LogP contribution in [-0.4, -0.2) is 23.9 Å². The largest absolute Gasteiger partial charge is 0.341 e. The Labute approximate surface area is 114 Å². The molecule has 0 N–H and O–H groups in total. The van der Waals surface area contributed by atoms with Crippen molar-refractivity contribution in [3.05, 3.63) is 35.9 Å². The summed E-state index contributed by atoms with van der Waals surface area (Å²) >= 11 is 0. The summed E-state index contributed by atoms with van der Waals surface area (Å²) in [5.41, 5.74) is 1.05. The fraction of sp³-hybridized carbons (Fsp3) is 0.500. The lowest BCUT2D eigenvalue weighted by molar-refractivity contribution is -0.135. The first kappa shape index (κ1) is 13.6. The molecule has 0 aliphatic carbocycles. The van der Waals surface area contributed by atoms with Crippen LogP contribution in [0, 0.1) is 23.2 Å². The number of carbonyl (C=O) groups is 1. The fourth-order valence-corrected chi connectivity index (χ4v) is 2.65. The molecule has 2 atom stereocenters. The number of carbonyl (C=O) groups excluding carboxylic acids is 1. The Bertz CT molecular complexity index is 463. The molecule has 2 unspecified atom stereocenters. The van der Waals surface area contributed by atoms with E-state index in [1.165, 1.54) is 6.42 Å². The van der Waals surface area contributed by atoms with Crippen molar-refractivity contribution >= 4 is 5.91 Å². The third-order valence-electron chi connectivity index (χ3n) is 3.71. The second-order valence-electron chi connectivity index (χ2n) is 5.40. The summed E-state index contributed by atoms with van der Waals surface area (Å²) in [5.74, 6) is -0.000582. The van der Waals surface area contributed by atoms with Gasteiger partial charge >= 0.3 is 0 Å². The van der Waals surface area contributed by atoms with Crippen LogP contribution in [-0.2, 0) is 11.2 Å². The smallest absolute Gasteiger partial charge is 0.240 e. The topological polar surface area (TPSA) is 44.1 Å². The number of rotatable bonds is 3. The average molecular weight is 256 g/mol. The molecule has 1 aromatic carbocycles. The summed E-state index contributed by atoms with van der Waals surface area (Å²) < 4.78 is 0. The Hall–Kier alpha value is -1.82. The molecule has 100 valence electrons. The molecule has 2 rings (SSSR count). The van der Waals surface area contributed by atoms with Crippen molar-refractivity contribution in [1.29, 1.82) is 5.26 Å². The number of hydrogen-bond acceptors (Lipinski definition) is 2. The highest BCUT2D eigenvalue weighted by atomic mass is 16.2. The Kier molecular flexibility index (Phi) is 4.57. The summed E-state index contributed by atoms with van der Waals surface area (Å²) in [5, 5.41) is 9.26. The van der Waals surface area contributed by atoms with Crippen molar-refractivity contribution in [3.63, 3.8) is 0 Å². The second kappa shape index (κ2) is 6.38. The van der Waals surface area contributed by atoms with Gasteiger partial charge < -0.3 is 4.90 Å². The summed E-state index contributed by atoms with van der Waals surface area (Å²) in [6.07, 6.45) is 2.75. The molecule has 1 heterocycles. The van der Waals surface area contributed by atoms with Crippen LogP contribution in [0.25, 0.3) is 0 Å². The normalized spacial score (nSPS) is 20.6. The first-order valence-corrected chi connectivity index (χ1v) is 6.93. The van der Waals surface area contributed by atoms with Gasteiger partial charge in [0.05, 0.1) is 6.07 Å². The zero-order chi connectivity index (χ0) is 13.7. The van der Waals surface area contributed by atoms with Gasteiger partial charge in [0, 0.05) is 13.1 Å². The van der Waals surface area contributed by atoms with Crippen molar-refractivity contribution in [2.45, 2.75) is 26.2 Å². The highest BCUT2D eigenvalue weighted by Gasteiger charge is 2.27. The van der Waals surface area contributed by atoms with Crippen molar-refractivity contribution in [1.82, 2.24) is 4.90 Å². The van der Waals surface area contributed by atoms with Gasteiger partial charge in [0.25, 0.3) is 0 Å². The molecule has 1 aromatic rings. The van der Waals surface area contributed by atoms with Gasteiger partial charge in [-0.15, -0.1) is 0 Å². The molecule has 0 spiro atoms. The van der Waals surface area contributed by atoms with Crippen molar-refractivity contribution in [2.24, 2.45) is 11.8 Å². The molecule has 0 aromatic heterocycles. The number of piperidine rings is 1. The van der Waals surface area contributed by atoms with E-state index in [1.807, 2.05) is 35.2 Å². The van der Waals surface area contributed by atoms with Gasteiger partial charge in [0.2, 0.25) is 5.91 Å². The lowest BCUT2D eigenvalue weighted by Crippen LogP contribution is -2.42. The van der Waals surface area contributed by atoms with E-state index in [0.29, 0.717) is 12.3 Å². The Balaban J connectivity index is 2.01. The molecule has 3 heteroatoms. The summed E-state index contributed by atoms with van der Waals surface area (Å²) in [6, 6.07) is 11.9. The minimum absolute atomic E-state index is 0.00194. The fourth-order valence-electron chi connectivity index (χ4n) is 2.65. The molecule has 1 aliphatic rings. The number of likely N-dealkylation sites (tertiary alicyclic amines) is 1. The summed E-state index contributed by atoms with van der Waals surface area (Å²) in [7, 11) is 0. The van der Waals surface area contributed by atoms with E-state index in [9.17, 15) is 10.1 Å². The van der Waals surface area contributed by atoms with Gasteiger partial charge in [-0.1, -0.05) is 37.3 Å². The summed E-state index contributed by atoms with van der Waals surface area (Å²) in [6.45, 7) is 3.76. The van der Waals surface area contributed by atoms with Crippen LogP contribution in [0.2, 0.25) is 0 Å². The van der Waals surface area contributed by atoms with Gasteiger partial charge in [-0.3, -0.25) is 4.79 Å². The standard InChI is InChI=1S/C16H20N2O/c1-13-6-5-9-18(12-13)16(19)15(11-17)10-14-7-3-2-4-8-14/h2-4,7-8,13,15H,5-6,9-10,12H2,1H3. The van der Waals surface area contributed by atoms with Crippen LogP contribution in [0.4, 0.5) is 0 Å². The number of hydrogen-bond donors (Lipinski definition) is 0. The first-order valence-electron chi connectivity index (χ1n) is 6.93. The highest BCUT2D eigenvalue weighted by molar-refractivity contribution is 5.81. The quantitative estimate of drug-likeness (QED) is 0.834. The Morgan fingerprint density at radius 3 is 2.84 bits per heavy atom. The van der Waals surface area contributed by atoms with E-state index >= 15 is 0 Å². The highest BCUT2D eigenvalue weighted by Crippen LogP contribution is 2.19. The minimum atomic E-state index is -0.548. The number of nitriles is 1. The maximum atomic E-state index is 12.4. The van der Waals surface area contributed by atoms with Crippen LogP contribution < -0.4 is 0 Å². The van der Waals surface area contributed by atoms with E-state index < -0.39 is 5.92 Å². The molecule has 1 aliphatic heterocycles. The van der Waals surface area contributed by atoms with Crippen LogP contribution in [0.5, 0.6) is 0 Å². The third-order valence-corrected chi connectivity index (χ3v) is 3.71. The van der Waals surface area contributed by atoms with Gasteiger partial charge in [-0.25, -0.2) is 0 Å². The number of nitrogens with zero attached hydrogens (tertiary/aromatic N) is 2. The molecular formula is C16H20N2O. The van der Waals surface area contributed by atoms with Crippen molar-refractivity contribution < 1.29 is 4.79 Å². The zero-order valence-corrected chi connectivity index (χ0v) is 11.4. The van der Waals surface area contributed by atoms with Crippen molar-refractivity contribution in [3.8, 4) is 6.07 Å². The molecule has 0 radical (unpaired) electrons. The lowest BCUT2D eigenvalue weighted by atomic mass is 9.95. The maximum absolute atomic E-state index is 12.4. The van der Waals surface area contributed by atoms with Crippen molar-refractivity contribution in [2.75, 3.05) is 13.1 Å². The van der Waals surface area contributed by atoms with E-state index in [-0.39, 0.29) is 5.91 Å². The van der Waals surface area contributed by atoms with E-state index in [4.69, 9.17) is 0 Å². The Morgan fingerprint density at radius 2 is 2.21 bits per heavy atom. The van der Waals surface area contributed by atoms with E-state index in [1.54, 1.807) is 0 Å². The molecule has 19 heavy (non-hydrogen) atoms. The lowest BCUT2D eigenvalue weighted by Gasteiger charge is -2.32. The van der Waals surface area contributed by atoms with Gasteiger partial charge in [0.15, 0.2) is 0 Å². The predicted octanol–water partition coefficient (Wildman–Crippen LogP) is 2.63. The van der Waals surface area contributed by atoms with Gasteiger partial charge in [-0.2, -0.15) is 5.26 Å². The molecule has 0 bridgehead atoms. The number of benzene rings is 1. The predicted molar refractivity (Wildman–Crippen MR) is 74.2 cm³/mol. The molecule has 3 nitrogen and oxygen atoms in total. The molecule has 0 saturated carbocycles. The molecular weight excluding hydrogens is 236 g/mol. The molecule has 1 amide bonds. The third kappa shape index (κ3) is 3.57. The first-order chi connectivity index (χ1) is 9.20. The Morgan fingerprint density at radius 1 is 1.47 bits per heavy atom. The van der Waals surface area contributed by atoms with Crippen LogP contribution >= 0.6 is 0 Å². The van der Waals surface area contributed by atoms with E-state index in [2.05, 4.69) is 13.0 Å². The van der Waals surface area contributed by atoms with Gasteiger partial charge in [0.1, 0.15) is 5.92 Å². The maximum Gasteiger partial charge on any atom is 0.240 e. The van der Waals surface area contributed by atoms with Gasteiger partial charge in [-0.05, 0) is 30.7 Å². The minimum Gasteiger partial charge on any atom is -0.341 e. The monoisotopic (exact) mass is 256 g/mol. The van der Waals surface area contributed by atoms with E-state index in [0.717, 1.165) is 25.1 Å². The number of amides is 1. The van der Waals surface area contributed by atoms with Crippen LogP contribution in [0.3, 0.4) is 0 Å². The zero-order valence-electron chi connectivity index (χ0n) is 11.4. The second-order valence-corrected chi connectivity index (χ2v) is 5.40. The van der Waals surface area contributed by atoms with Crippen LogP contribution in [0.15, 0.2) is 30.3 Å². The summed E-state index contributed by atoms with van der Waals surface area (Å²) in [4.78, 5) is 14.2. The molecule has 1 fully saturated rings.